The van der Waals surface area contributed by atoms with Crippen molar-refractivity contribution in [1.29, 1.82) is 0 Å². The van der Waals surface area contributed by atoms with E-state index >= 15 is 0 Å². The summed E-state index contributed by atoms with van der Waals surface area (Å²) in [6, 6.07) is 0. The number of aliphatic carboxylic acids is 1. The van der Waals surface area contributed by atoms with Gasteiger partial charge in [0.15, 0.2) is 5.69 Å². The van der Waals surface area contributed by atoms with Gasteiger partial charge in [-0.15, -0.1) is 0 Å². The molecule has 0 radical (unpaired) electrons. The first-order chi connectivity index (χ1) is 12.8. The zero-order chi connectivity index (χ0) is 22.0. The van der Waals surface area contributed by atoms with E-state index < -0.39 is 70.4 Å². The SMILES string of the molecule is COC(=O)c1c(C(F)F)nc(C(F)(F)F)c(C(=O)OC)c1C(C(=O)[O-])C(C)C. The number of alkyl halides is 5. The summed E-state index contributed by atoms with van der Waals surface area (Å²) in [6.07, 6.45) is -9.15. The molecule has 1 aromatic rings. The van der Waals surface area contributed by atoms with Crippen LogP contribution >= 0.6 is 0 Å². The van der Waals surface area contributed by atoms with Crippen molar-refractivity contribution in [3.63, 3.8) is 0 Å². The number of ether oxygens (including phenoxy) is 2. The molecule has 28 heavy (non-hydrogen) atoms. The molecule has 1 unspecified atom stereocenters. The molecular weight excluding hydrogens is 397 g/mol. The lowest BCUT2D eigenvalue weighted by atomic mass is 9.81. The molecule has 1 heterocycles. The van der Waals surface area contributed by atoms with Gasteiger partial charge in [0.25, 0.3) is 6.43 Å². The Labute approximate surface area is 155 Å². The molecule has 0 aliphatic carbocycles. The smallest absolute Gasteiger partial charge is 0.434 e. The van der Waals surface area contributed by atoms with Crippen LogP contribution in [0.15, 0.2) is 0 Å². The molecule has 0 aliphatic heterocycles. The van der Waals surface area contributed by atoms with Crippen LogP contribution in [0.1, 0.15) is 63.9 Å². The van der Waals surface area contributed by atoms with Crippen LogP contribution in [0.5, 0.6) is 0 Å². The highest BCUT2D eigenvalue weighted by Gasteiger charge is 2.45. The third kappa shape index (κ3) is 4.37. The molecule has 1 atom stereocenters. The molecule has 0 spiro atoms. The number of hydrogen-bond donors (Lipinski definition) is 0. The lowest BCUT2D eigenvalue weighted by molar-refractivity contribution is -0.309. The van der Waals surface area contributed by atoms with E-state index in [0.29, 0.717) is 7.11 Å². The Bertz CT molecular complexity index is 791. The number of rotatable bonds is 6. The number of pyridine rings is 1. The van der Waals surface area contributed by atoms with E-state index in [4.69, 9.17) is 0 Å². The standard InChI is InChI=1S/C16H16F5NO6/c1-5(2)6(13(23)24)7-8(14(25)27-3)10(12(17)18)22-11(16(19,20)21)9(7)15(26)28-4/h5-6,12H,1-4H3,(H,23,24)/p-1. The molecular formula is C16H15F5NO6-. The topological polar surface area (TPSA) is 106 Å². The summed E-state index contributed by atoms with van der Waals surface area (Å²) in [6.45, 7) is 2.44. The van der Waals surface area contributed by atoms with Crippen LogP contribution in [0, 0.1) is 5.92 Å². The first kappa shape index (κ1) is 23.2. The third-order valence-corrected chi connectivity index (χ3v) is 3.75. The Balaban J connectivity index is 4.34. The normalized spacial score (nSPS) is 12.8. The second-order valence-corrected chi connectivity index (χ2v) is 5.83. The van der Waals surface area contributed by atoms with Gasteiger partial charge in [-0.2, -0.15) is 13.2 Å². The van der Waals surface area contributed by atoms with E-state index in [2.05, 4.69) is 14.5 Å². The fourth-order valence-corrected chi connectivity index (χ4v) is 2.65. The summed E-state index contributed by atoms with van der Waals surface area (Å²) in [4.78, 5) is 38.5. The molecule has 0 aromatic carbocycles. The van der Waals surface area contributed by atoms with Crippen molar-refractivity contribution in [1.82, 2.24) is 4.98 Å². The number of methoxy groups -OCH3 is 2. The highest BCUT2D eigenvalue weighted by atomic mass is 19.4. The molecule has 0 amide bonds. The van der Waals surface area contributed by atoms with E-state index in [1.807, 2.05) is 0 Å². The highest BCUT2D eigenvalue weighted by molar-refractivity contribution is 6.02. The molecule has 12 heteroatoms. The van der Waals surface area contributed by atoms with Gasteiger partial charge < -0.3 is 19.4 Å². The van der Waals surface area contributed by atoms with E-state index in [0.717, 1.165) is 7.11 Å². The van der Waals surface area contributed by atoms with E-state index in [-0.39, 0.29) is 0 Å². The molecule has 1 rings (SSSR count). The number of carbonyl (C=O) groups excluding carboxylic acids is 3. The van der Waals surface area contributed by atoms with E-state index in [1.54, 1.807) is 0 Å². The van der Waals surface area contributed by atoms with Crippen molar-refractivity contribution < 1.29 is 50.9 Å². The summed E-state index contributed by atoms with van der Waals surface area (Å²) < 4.78 is 75.8. The second kappa shape index (κ2) is 8.48. The first-order valence-corrected chi connectivity index (χ1v) is 7.60. The van der Waals surface area contributed by atoms with Crippen LogP contribution in [0.25, 0.3) is 0 Å². The lowest BCUT2D eigenvalue weighted by Crippen LogP contribution is -2.36. The van der Waals surface area contributed by atoms with E-state index in [9.17, 15) is 41.4 Å². The Kier molecular flexibility index (Phi) is 7.04. The number of carbonyl (C=O) groups is 3. The molecule has 1 aromatic heterocycles. The van der Waals surface area contributed by atoms with Gasteiger partial charge in [-0.3, -0.25) is 0 Å². The molecule has 0 fully saturated rings. The van der Waals surface area contributed by atoms with Crippen LogP contribution in [0.4, 0.5) is 22.0 Å². The Morgan fingerprint density at radius 2 is 1.46 bits per heavy atom. The van der Waals surface area contributed by atoms with Crippen LogP contribution in [0.3, 0.4) is 0 Å². The van der Waals surface area contributed by atoms with Gasteiger partial charge in [-0.25, -0.2) is 23.4 Å². The zero-order valence-corrected chi connectivity index (χ0v) is 15.0. The summed E-state index contributed by atoms with van der Waals surface area (Å²) in [5, 5.41) is 11.6. The number of esters is 2. The van der Waals surface area contributed by atoms with Crippen molar-refractivity contribution in [2.24, 2.45) is 5.92 Å². The number of halogens is 5. The molecule has 0 bridgehead atoms. The fourth-order valence-electron chi connectivity index (χ4n) is 2.65. The van der Waals surface area contributed by atoms with Crippen molar-refractivity contribution in [3.8, 4) is 0 Å². The van der Waals surface area contributed by atoms with Crippen LogP contribution in [0.2, 0.25) is 0 Å². The Hall–Kier alpha value is -2.79. The molecule has 156 valence electrons. The Morgan fingerprint density at radius 3 is 1.79 bits per heavy atom. The monoisotopic (exact) mass is 412 g/mol. The summed E-state index contributed by atoms with van der Waals surface area (Å²) >= 11 is 0. The van der Waals surface area contributed by atoms with Gasteiger partial charge in [0.2, 0.25) is 0 Å². The van der Waals surface area contributed by atoms with Gasteiger partial charge in [0, 0.05) is 11.9 Å². The van der Waals surface area contributed by atoms with Crippen molar-refractivity contribution in [3.05, 3.63) is 28.1 Å². The minimum absolute atomic E-state index is 0.689. The number of carboxylic acid groups (broad SMARTS) is 1. The molecule has 0 saturated carbocycles. The highest BCUT2D eigenvalue weighted by Crippen LogP contribution is 2.41. The van der Waals surface area contributed by atoms with E-state index in [1.165, 1.54) is 13.8 Å². The first-order valence-electron chi connectivity index (χ1n) is 7.60. The van der Waals surface area contributed by atoms with Gasteiger partial charge in [-0.1, -0.05) is 13.8 Å². The van der Waals surface area contributed by atoms with Crippen molar-refractivity contribution >= 4 is 17.9 Å². The quantitative estimate of drug-likeness (QED) is 0.520. The van der Waals surface area contributed by atoms with Gasteiger partial charge in [-0.05, 0) is 11.5 Å². The maximum atomic E-state index is 13.5. The maximum absolute atomic E-state index is 13.5. The molecule has 0 N–H and O–H groups in total. The summed E-state index contributed by atoms with van der Waals surface area (Å²) in [5.41, 5.74) is -7.65. The van der Waals surface area contributed by atoms with Crippen LogP contribution < -0.4 is 5.11 Å². The summed E-state index contributed by atoms with van der Waals surface area (Å²) in [7, 11) is 1.43. The number of hydrogen-bond acceptors (Lipinski definition) is 7. The van der Waals surface area contributed by atoms with Gasteiger partial charge in [0.05, 0.1) is 25.3 Å². The van der Waals surface area contributed by atoms with Gasteiger partial charge >= 0.3 is 18.1 Å². The van der Waals surface area contributed by atoms with Crippen molar-refractivity contribution in [2.75, 3.05) is 14.2 Å². The van der Waals surface area contributed by atoms with Crippen LogP contribution in [-0.2, 0) is 20.4 Å². The Morgan fingerprint density at radius 1 is 1.00 bits per heavy atom. The predicted octanol–water partition coefficient (Wildman–Crippen LogP) is 2.10. The number of aromatic nitrogens is 1. The van der Waals surface area contributed by atoms with Crippen LogP contribution in [-0.4, -0.2) is 37.1 Å². The minimum atomic E-state index is -5.44. The second-order valence-electron chi connectivity index (χ2n) is 5.83. The average molecular weight is 412 g/mol. The molecule has 7 nitrogen and oxygen atoms in total. The fraction of sp³-hybridized carbons (Fsp3) is 0.500. The van der Waals surface area contributed by atoms with Gasteiger partial charge in [0.1, 0.15) is 5.69 Å². The van der Waals surface area contributed by atoms with Crippen molar-refractivity contribution in [2.45, 2.75) is 32.4 Å². The zero-order valence-electron chi connectivity index (χ0n) is 15.0. The third-order valence-electron chi connectivity index (χ3n) is 3.75. The molecule has 0 saturated heterocycles. The number of carboxylic acids is 1. The summed E-state index contributed by atoms with van der Waals surface area (Å²) in [5.74, 6) is -8.42. The predicted molar refractivity (Wildman–Crippen MR) is 79.5 cm³/mol. The number of nitrogens with zero attached hydrogens (tertiary/aromatic N) is 1. The largest absolute Gasteiger partial charge is 0.549 e. The molecule has 0 aliphatic rings. The average Bonchev–Trinajstić information content (AvgIpc) is 2.57. The lowest BCUT2D eigenvalue weighted by Gasteiger charge is -2.28. The minimum Gasteiger partial charge on any atom is -0.549 e. The maximum Gasteiger partial charge on any atom is 0.434 e.